The van der Waals surface area contributed by atoms with Crippen molar-refractivity contribution in [1.29, 1.82) is 0 Å². The summed E-state index contributed by atoms with van der Waals surface area (Å²) in [7, 11) is 0. The summed E-state index contributed by atoms with van der Waals surface area (Å²) in [6.45, 7) is 4.78. The largest absolute Gasteiger partial charge is 0.391 e. The Morgan fingerprint density at radius 3 is 2.87 bits per heavy atom. The number of hydrogen-bond donors (Lipinski definition) is 2. The molecule has 0 saturated carbocycles. The molecule has 2 rings (SSSR count). The Morgan fingerprint density at radius 2 is 2.20 bits per heavy atom. The molecule has 0 aromatic carbocycles. The highest BCUT2D eigenvalue weighted by atomic mass is 16.3. The van der Waals surface area contributed by atoms with Crippen LogP contribution in [0.25, 0.3) is 0 Å². The molecule has 1 aromatic heterocycles. The molecule has 1 fully saturated rings. The second kappa shape index (κ2) is 4.24. The van der Waals surface area contributed by atoms with E-state index in [2.05, 4.69) is 15.3 Å². The number of nitrogens with one attached hydrogen (secondary N) is 1. The van der Waals surface area contributed by atoms with Gasteiger partial charge in [-0.05, 0) is 39.3 Å². The second-order valence-electron chi connectivity index (χ2n) is 4.12. The maximum absolute atomic E-state index is 9.88. The van der Waals surface area contributed by atoms with E-state index in [9.17, 15) is 5.11 Å². The van der Waals surface area contributed by atoms with Gasteiger partial charge in [-0.1, -0.05) is 0 Å². The maximum atomic E-state index is 9.88. The van der Waals surface area contributed by atoms with Gasteiger partial charge >= 0.3 is 0 Å². The zero-order valence-corrected chi connectivity index (χ0v) is 9.20. The van der Waals surface area contributed by atoms with Crippen molar-refractivity contribution >= 4 is 0 Å². The molecule has 2 N–H and O–H groups in total. The van der Waals surface area contributed by atoms with Crippen LogP contribution in [0.4, 0.5) is 0 Å². The Kier molecular flexibility index (Phi) is 2.98. The molecule has 0 aliphatic carbocycles. The molecule has 4 nitrogen and oxygen atoms in total. The van der Waals surface area contributed by atoms with E-state index in [1.165, 1.54) is 0 Å². The van der Waals surface area contributed by atoms with Gasteiger partial charge in [0.1, 0.15) is 5.82 Å². The fourth-order valence-electron chi connectivity index (χ4n) is 2.08. The molecule has 4 heteroatoms. The van der Waals surface area contributed by atoms with E-state index in [1.807, 2.05) is 19.9 Å². The third-order valence-electron chi connectivity index (χ3n) is 2.73. The van der Waals surface area contributed by atoms with Crippen LogP contribution in [0.1, 0.15) is 36.1 Å². The van der Waals surface area contributed by atoms with Gasteiger partial charge < -0.3 is 10.4 Å². The Balaban J connectivity index is 2.27. The molecular formula is C11H17N3O. The van der Waals surface area contributed by atoms with E-state index in [-0.39, 0.29) is 12.1 Å². The lowest BCUT2D eigenvalue weighted by atomic mass is 9.98. The lowest BCUT2D eigenvalue weighted by molar-refractivity contribution is 0.0946. The summed E-state index contributed by atoms with van der Waals surface area (Å²) in [6.07, 6.45) is 1.55. The van der Waals surface area contributed by atoms with Crippen LogP contribution in [0.2, 0.25) is 0 Å². The summed E-state index contributed by atoms with van der Waals surface area (Å²) in [4.78, 5) is 8.61. The van der Waals surface area contributed by atoms with Crippen molar-refractivity contribution < 1.29 is 5.11 Å². The van der Waals surface area contributed by atoms with Crippen LogP contribution in [0.15, 0.2) is 6.07 Å². The SMILES string of the molecule is Cc1cc(C2NCCCC2O)nc(C)n1. The second-order valence-corrected chi connectivity index (χ2v) is 4.12. The Bertz CT molecular complexity index is 333. The van der Waals surface area contributed by atoms with Crippen LogP contribution in [0.3, 0.4) is 0 Å². The first-order valence-electron chi connectivity index (χ1n) is 5.40. The summed E-state index contributed by atoms with van der Waals surface area (Å²) in [5, 5.41) is 13.2. The zero-order chi connectivity index (χ0) is 10.8. The number of nitrogens with zero attached hydrogens (tertiary/aromatic N) is 2. The molecule has 1 aliphatic heterocycles. The molecule has 0 radical (unpaired) electrons. The van der Waals surface area contributed by atoms with E-state index in [0.29, 0.717) is 0 Å². The number of rotatable bonds is 1. The lowest BCUT2D eigenvalue weighted by Gasteiger charge is -2.28. The third-order valence-corrected chi connectivity index (χ3v) is 2.73. The van der Waals surface area contributed by atoms with Gasteiger partial charge in [0.25, 0.3) is 0 Å². The van der Waals surface area contributed by atoms with E-state index in [4.69, 9.17) is 0 Å². The normalized spacial score (nSPS) is 26.6. The van der Waals surface area contributed by atoms with Gasteiger partial charge in [0.2, 0.25) is 0 Å². The molecule has 1 aromatic rings. The Hall–Kier alpha value is -1.00. The summed E-state index contributed by atoms with van der Waals surface area (Å²) < 4.78 is 0. The fraction of sp³-hybridized carbons (Fsp3) is 0.636. The maximum Gasteiger partial charge on any atom is 0.125 e. The van der Waals surface area contributed by atoms with Gasteiger partial charge in [0.15, 0.2) is 0 Å². The number of hydrogen-bond acceptors (Lipinski definition) is 4. The van der Waals surface area contributed by atoms with Gasteiger partial charge in [-0.3, -0.25) is 0 Å². The lowest BCUT2D eigenvalue weighted by Crippen LogP contribution is -2.38. The van der Waals surface area contributed by atoms with E-state index in [0.717, 1.165) is 36.6 Å². The van der Waals surface area contributed by atoms with Gasteiger partial charge in [0.05, 0.1) is 17.8 Å². The van der Waals surface area contributed by atoms with Crippen LogP contribution >= 0.6 is 0 Å². The van der Waals surface area contributed by atoms with Gasteiger partial charge in [-0.2, -0.15) is 0 Å². The smallest absolute Gasteiger partial charge is 0.125 e. The van der Waals surface area contributed by atoms with Crippen LogP contribution in [-0.2, 0) is 0 Å². The summed E-state index contributed by atoms with van der Waals surface area (Å²) in [5.41, 5.74) is 1.87. The molecule has 1 aliphatic rings. The molecule has 0 spiro atoms. The minimum absolute atomic E-state index is 0.0286. The van der Waals surface area contributed by atoms with Crippen molar-refractivity contribution in [2.45, 2.75) is 38.8 Å². The van der Waals surface area contributed by atoms with Crippen molar-refractivity contribution in [2.75, 3.05) is 6.54 Å². The molecule has 15 heavy (non-hydrogen) atoms. The first kappa shape index (κ1) is 10.5. The highest BCUT2D eigenvalue weighted by Crippen LogP contribution is 2.22. The molecule has 2 heterocycles. The van der Waals surface area contributed by atoms with Gasteiger partial charge in [-0.15, -0.1) is 0 Å². The Morgan fingerprint density at radius 1 is 1.40 bits per heavy atom. The van der Waals surface area contributed by atoms with E-state index >= 15 is 0 Å². The minimum Gasteiger partial charge on any atom is -0.391 e. The average molecular weight is 207 g/mol. The average Bonchev–Trinajstić information content (AvgIpc) is 2.16. The van der Waals surface area contributed by atoms with Crippen LogP contribution in [0, 0.1) is 13.8 Å². The quantitative estimate of drug-likeness (QED) is 0.717. The van der Waals surface area contributed by atoms with Crippen molar-refractivity contribution in [3.05, 3.63) is 23.3 Å². The van der Waals surface area contributed by atoms with E-state index in [1.54, 1.807) is 0 Å². The predicted molar refractivity (Wildman–Crippen MR) is 57.5 cm³/mol. The van der Waals surface area contributed by atoms with Crippen LogP contribution in [0.5, 0.6) is 0 Å². The molecular weight excluding hydrogens is 190 g/mol. The highest BCUT2D eigenvalue weighted by Gasteiger charge is 2.25. The number of aromatic nitrogens is 2. The van der Waals surface area contributed by atoms with E-state index < -0.39 is 0 Å². The number of aliphatic hydroxyl groups is 1. The van der Waals surface area contributed by atoms with Crippen LogP contribution < -0.4 is 5.32 Å². The fourth-order valence-corrected chi connectivity index (χ4v) is 2.08. The van der Waals surface area contributed by atoms with Gasteiger partial charge in [-0.25, -0.2) is 9.97 Å². The molecule has 0 amide bonds. The number of aryl methyl sites for hydroxylation is 2. The Labute approximate surface area is 89.8 Å². The molecule has 0 bridgehead atoms. The standard InChI is InChI=1S/C11H17N3O/c1-7-6-9(14-8(2)13-7)11-10(15)4-3-5-12-11/h6,10-12,15H,3-5H2,1-2H3. The predicted octanol–water partition coefficient (Wildman–Crippen LogP) is 0.879. The van der Waals surface area contributed by atoms with Crippen molar-refractivity contribution in [2.24, 2.45) is 0 Å². The zero-order valence-electron chi connectivity index (χ0n) is 9.20. The van der Waals surface area contributed by atoms with Gasteiger partial charge in [0, 0.05) is 5.69 Å². The highest BCUT2D eigenvalue weighted by molar-refractivity contribution is 5.15. The summed E-state index contributed by atoms with van der Waals surface area (Å²) >= 11 is 0. The third kappa shape index (κ3) is 2.33. The molecule has 2 unspecified atom stereocenters. The summed E-state index contributed by atoms with van der Waals surface area (Å²) in [5.74, 6) is 0.768. The van der Waals surface area contributed by atoms with Crippen molar-refractivity contribution in [3.63, 3.8) is 0 Å². The molecule has 82 valence electrons. The summed E-state index contributed by atoms with van der Waals surface area (Å²) in [6, 6.07) is 1.92. The monoisotopic (exact) mass is 207 g/mol. The van der Waals surface area contributed by atoms with Crippen LogP contribution in [-0.4, -0.2) is 27.7 Å². The molecule has 1 saturated heterocycles. The first-order chi connectivity index (χ1) is 7.16. The number of piperidine rings is 1. The minimum atomic E-state index is -0.326. The van der Waals surface area contributed by atoms with Crippen molar-refractivity contribution in [1.82, 2.24) is 15.3 Å². The van der Waals surface area contributed by atoms with Crippen molar-refractivity contribution in [3.8, 4) is 0 Å². The number of aliphatic hydroxyl groups excluding tert-OH is 1. The topological polar surface area (TPSA) is 58.0 Å². The molecule has 2 atom stereocenters. The first-order valence-corrected chi connectivity index (χ1v) is 5.40.